The Labute approximate surface area is 148 Å². The Hall–Kier alpha value is -2.66. The summed E-state index contributed by atoms with van der Waals surface area (Å²) in [6.45, 7) is -0.0873. The molecule has 0 heterocycles. The third kappa shape index (κ3) is 4.43. The second kappa shape index (κ2) is 7.75. The number of hydrazone groups is 1. The van der Waals surface area contributed by atoms with Gasteiger partial charge in [-0.1, -0.05) is 58.4 Å². The molecule has 5 heteroatoms. The normalized spacial score (nSPS) is 10.9. The van der Waals surface area contributed by atoms with E-state index in [-0.39, 0.29) is 12.5 Å². The van der Waals surface area contributed by atoms with E-state index in [2.05, 4.69) is 26.5 Å². The summed E-state index contributed by atoms with van der Waals surface area (Å²) in [6, 6.07) is 21.3. The summed E-state index contributed by atoms with van der Waals surface area (Å²) in [4.78, 5) is 11.8. The first-order valence-corrected chi connectivity index (χ1v) is 8.19. The van der Waals surface area contributed by atoms with E-state index in [0.29, 0.717) is 5.75 Å². The maximum atomic E-state index is 11.8. The molecule has 0 spiro atoms. The summed E-state index contributed by atoms with van der Waals surface area (Å²) in [5, 5.41) is 6.12. The van der Waals surface area contributed by atoms with Gasteiger partial charge in [0.1, 0.15) is 5.75 Å². The van der Waals surface area contributed by atoms with Crippen LogP contribution in [0.25, 0.3) is 10.8 Å². The minimum atomic E-state index is -0.309. The maximum absolute atomic E-state index is 11.8. The molecule has 24 heavy (non-hydrogen) atoms. The Morgan fingerprint density at radius 2 is 1.79 bits per heavy atom. The molecule has 0 aliphatic carbocycles. The Morgan fingerprint density at radius 3 is 2.58 bits per heavy atom. The van der Waals surface area contributed by atoms with Gasteiger partial charge >= 0.3 is 0 Å². The second-order valence-corrected chi connectivity index (χ2v) is 6.06. The van der Waals surface area contributed by atoms with E-state index in [1.54, 1.807) is 6.21 Å². The van der Waals surface area contributed by atoms with E-state index >= 15 is 0 Å². The summed E-state index contributed by atoms with van der Waals surface area (Å²) in [7, 11) is 0. The number of carbonyl (C=O) groups excluding carboxylic acids is 1. The van der Waals surface area contributed by atoms with Gasteiger partial charge in [0.15, 0.2) is 6.61 Å². The average Bonchev–Trinajstić information content (AvgIpc) is 2.61. The molecule has 0 saturated heterocycles. The molecule has 0 saturated carbocycles. The summed E-state index contributed by atoms with van der Waals surface area (Å²) in [5.41, 5.74) is 3.34. The fourth-order valence-corrected chi connectivity index (χ4v) is 2.43. The van der Waals surface area contributed by atoms with Crippen LogP contribution in [0.15, 0.2) is 76.3 Å². The smallest absolute Gasteiger partial charge is 0.277 e. The van der Waals surface area contributed by atoms with Crippen molar-refractivity contribution < 1.29 is 9.53 Å². The number of amides is 1. The van der Waals surface area contributed by atoms with E-state index in [9.17, 15) is 4.79 Å². The molecule has 0 atom stereocenters. The molecular formula is C19H15BrN2O2. The van der Waals surface area contributed by atoms with Crippen molar-refractivity contribution in [1.82, 2.24) is 5.43 Å². The zero-order valence-electron chi connectivity index (χ0n) is 12.8. The topological polar surface area (TPSA) is 50.7 Å². The first kappa shape index (κ1) is 16.2. The molecule has 0 bridgehead atoms. The van der Waals surface area contributed by atoms with Crippen LogP contribution in [0.3, 0.4) is 0 Å². The number of nitrogens with one attached hydrogen (secondary N) is 1. The maximum Gasteiger partial charge on any atom is 0.277 e. The van der Waals surface area contributed by atoms with E-state index in [0.717, 1.165) is 20.8 Å². The molecule has 120 valence electrons. The number of halogens is 1. The van der Waals surface area contributed by atoms with Crippen LogP contribution in [-0.2, 0) is 4.79 Å². The molecule has 0 aliphatic heterocycles. The van der Waals surface area contributed by atoms with Crippen LogP contribution in [0.1, 0.15) is 5.56 Å². The lowest BCUT2D eigenvalue weighted by atomic mass is 10.1. The summed E-state index contributed by atoms with van der Waals surface area (Å²) in [5.74, 6) is 0.345. The van der Waals surface area contributed by atoms with E-state index < -0.39 is 0 Å². The number of hydrogen-bond donors (Lipinski definition) is 1. The minimum absolute atomic E-state index is 0.0873. The molecular weight excluding hydrogens is 368 g/mol. The molecule has 1 amide bonds. The number of carbonyl (C=O) groups is 1. The van der Waals surface area contributed by atoms with Gasteiger partial charge in [-0.2, -0.15) is 5.10 Å². The Morgan fingerprint density at radius 1 is 1.04 bits per heavy atom. The van der Waals surface area contributed by atoms with Gasteiger partial charge in [0.2, 0.25) is 0 Å². The van der Waals surface area contributed by atoms with Crippen molar-refractivity contribution in [3.63, 3.8) is 0 Å². The molecule has 0 aliphatic rings. The standard InChI is InChI=1S/C19H15BrN2O2/c20-17-8-5-14(6-9-17)12-21-22-19(23)13-24-18-10-7-15-3-1-2-4-16(15)11-18/h1-12H,13H2,(H,22,23). The fourth-order valence-electron chi connectivity index (χ4n) is 2.17. The zero-order chi connectivity index (χ0) is 16.8. The lowest BCUT2D eigenvalue weighted by Gasteiger charge is -2.06. The predicted molar refractivity (Wildman–Crippen MR) is 99.3 cm³/mol. The van der Waals surface area contributed by atoms with Crippen LogP contribution in [0.2, 0.25) is 0 Å². The first-order chi connectivity index (χ1) is 11.7. The van der Waals surface area contributed by atoms with Crippen LogP contribution in [-0.4, -0.2) is 18.7 Å². The lowest BCUT2D eigenvalue weighted by Crippen LogP contribution is -2.24. The van der Waals surface area contributed by atoms with Crippen LogP contribution < -0.4 is 10.2 Å². The highest BCUT2D eigenvalue weighted by Gasteiger charge is 2.02. The van der Waals surface area contributed by atoms with E-state index in [1.807, 2.05) is 66.7 Å². The predicted octanol–water partition coefficient (Wildman–Crippen LogP) is 4.13. The number of nitrogens with zero attached hydrogens (tertiary/aromatic N) is 1. The highest BCUT2D eigenvalue weighted by Crippen LogP contribution is 2.20. The van der Waals surface area contributed by atoms with Crippen LogP contribution in [0.4, 0.5) is 0 Å². The molecule has 3 aromatic rings. The molecule has 3 rings (SSSR count). The molecule has 4 nitrogen and oxygen atoms in total. The van der Waals surface area contributed by atoms with Gasteiger partial charge in [-0.3, -0.25) is 4.79 Å². The lowest BCUT2D eigenvalue weighted by molar-refractivity contribution is -0.123. The van der Waals surface area contributed by atoms with Crippen molar-refractivity contribution in [3.8, 4) is 5.75 Å². The fraction of sp³-hybridized carbons (Fsp3) is 0.0526. The second-order valence-electron chi connectivity index (χ2n) is 5.14. The molecule has 0 aromatic heterocycles. The Bertz CT molecular complexity index is 876. The van der Waals surface area contributed by atoms with Crippen molar-refractivity contribution in [2.45, 2.75) is 0 Å². The first-order valence-electron chi connectivity index (χ1n) is 7.40. The average molecular weight is 383 g/mol. The van der Waals surface area contributed by atoms with Crippen molar-refractivity contribution in [2.75, 3.05) is 6.61 Å². The Balaban J connectivity index is 1.52. The van der Waals surface area contributed by atoms with E-state index in [4.69, 9.17) is 4.74 Å². The van der Waals surface area contributed by atoms with Gasteiger partial charge in [-0.15, -0.1) is 0 Å². The van der Waals surface area contributed by atoms with Crippen LogP contribution in [0.5, 0.6) is 5.75 Å². The monoisotopic (exact) mass is 382 g/mol. The highest BCUT2D eigenvalue weighted by molar-refractivity contribution is 9.10. The highest BCUT2D eigenvalue weighted by atomic mass is 79.9. The number of fused-ring (bicyclic) bond motifs is 1. The van der Waals surface area contributed by atoms with Crippen molar-refractivity contribution in [3.05, 3.63) is 76.8 Å². The summed E-state index contributed by atoms with van der Waals surface area (Å²) >= 11 is 3.36. The third-order valence-corrected chi connectivity index (χ3v) is 3.89. The SMILES string of the molecule is O=C(COc1ccc2ccccc2c1)NN=Cc1ccc(Br)cc1. The van der Waals surface area contributed by atoms with Crippen molar-refractivity contribution in [1.29, 1.82) is 0 Å². The van der Waals surface area contributed by atoms with Gasteiger partial charge < -0.3 is 4.74 Å². The largest absolute Gasteiger partial charge is 0.484 e. The Kier molecular flexibility index (Phi) is 5.23. The quantitative estimate of drug-likeness (QED) is 0.532. The molecule has 0 radical (unpaired) electrons. The molecule has 0 unspecified atom stereocenters. The van der Waals surface area contributed by atoms with Gasteiger partial charge in [-0.25, -0.2) is 5.43 Å². The van der Waals surface area contributed by atoms with Gasteiger partial charge in [0.05, 0.1) is 6.21 Å². The van der Waals surface area contributed by atoms with Gasteiger partial charge in [0, 0.05) is 4.47 Å². The number of benzene rings is 3. The van der Waals surface area contributed by atoms with Gasteiger partial charge in [-0.05, 0) is 40.6 Å². The van der Waals surface area contributed by atoms with Crippen molar-refractivity contribution >= 4 is 38.8 Å². The summed E-state index contributed by atoms with van der Waals surface area (Å²) in [6.07, 6.45) is 1.58. The third-order valence-electron chi connectivity index (χ3n) is 3.36. The molecule has 0 fully saturated rings. The molecule has 1 N–H and O–H groups in total. The number of ether oxygens (including phenoxy) is 1. The van der Waals surface area contributed by atoms with Crippen LogP contribution >= 0.6 is 15.9 Å². The van der Waals surface area contributed by atoms with Crippen molar-refractivity contribution in [2.24, 2.45) is 5.10 Å². The minimum Gasteiger partial charge on any atom is -0.484 e. The zero-order valence-corrected chi connectivity index (χ0v) is 14.4. The van der Waals surface area contributed by atoms with Gasteiger partial charge in [0.25, 0.3) is 5.91 Å². The van der Waals surface area contributed by atoms with Crippen LogP contribution in [0, 0.1) is 0 Å². The number of rotatable bonds is 5. The summed E-state index contributed by atoms with van der Waals surface area (Å²) < 4.78 is 6.50. The van der Waals surface area contributed by atoms with E-state index in [1.165, 1.54) is 0 Å². The number of hydrogen-bond acceptors (Lipinski definition) is 3. The molecule has 3 aromatic carbocycles.